The molecule has 0 bridgehead atoms. The van der Waals surface area contributed by atoms with Gasteiger partial charge in [0.15, 0.2) is 0 Å². The molecule has 3 heterocycles. The van der Waals surface area contributed by atoms with Crippen LogP contribution < -0.4 is 4.90 Å². The second kappa shape index (κ2) is 10.1. The van der Waals surface area contributed by atoms with Gasteiger partial charge < -0.3 is 4.90 Å². The predicted octanol–water partition coefficient (Wildman–Crippen LogP) is 4.88. The van der Waals surface area contributed by atoms with Gasteiger partial charge in [0.25, 0.3) is 0 Å². The SMILES string of the molecule is CC(C)c1ccc(-c2nnn(CCCN3CCN(c4ccnc5cc(Cl)ccc45)CC3)n2)cc1. The van der Waals surface area contributed by atoms with Gasteiger partial charge in [0.1, 0.15) is 0 Å². The van der Waals surface area contributed by atoms with E-state index in [-0.39, 0.29) is 0 Å². The third kappa shape index (κ3) is 5.05. The van der Waals surface area contributed by atoms with Crippen molar-refractivity contribution in [2.45, 2.75) is 32.7 Å². The molecule has 0 atom stereocenters. The highest BCUT2D eigenvalue weighted by Gasteiger charge is 2.19. The van der Waals surface area contributed by atoms with Crippen LogP contribution in [0.1, 0.15) is 31.7 Å². The Labute approximate surface area is 205 Å². The van der Waals surface area contributed by atoms with E-state index in [1.165, 1.54) is 11.3 Å². The molecular weight excluding hydrogens is 446 g/mol. The lowest BCUT2D eigenvalue weighted by molar-refractivity contribution is 0.247. The summed E-state index contributed by atoms with van der Waals surface area (Å²) in [5.41, 5.74) is 4.51. The van der Waals surface area contributed by atoms with Gasteiger partial charge in [-0.25, -0.2) is 0 Å². The highest BCUT2D eigenvalue weighted by Crippen LogP contribution is 2.28. The van der Waals surface area contributed by atoms with Gasteiger partial charge in [-0.3, -0.25) is 9.88 Å². The highest BCUT2D eigenvalue weighted by atomic mass is 35.5. The zero-order chi connectivity index (χ0) is 23.5. The lowest BCUT2D eigenvalue weighted by atomic mass is 10.0. The van der Waals surface area contributed by atoms with E-state index in [0.717, 1.165) is 67.2 Å². The van der Waals surface area contributed by atoms with Crippen LogP contribution >= 0.6 is 11.6 Å². The first kappa shape index (κ1) is 22.7. The molecule has 4 aromatic rings. The van der Waals surface area contributed by atoms with E-state index in [4.69, 9.17) is 11.6 Å². The third-order valence-corrected chi connectivity index (χ3v) is 6.75. The first-order valence-corrected chi connectivity index (χ1v) is 12.3. The summed E-state index contributed by atoms with van der Waals surface area (Å²) in [6.07, 6.45) is 2.87. The van der Waals surface area contributed by atoms with E-state index >= 15 is 0 Å². The average Bonchev–Trinajstić information content (AvgIpc) is 3.33. The Morgan fingerprint density at radius 2 is 1.74 bits per heavy atom. The fourth-order valence-electron chi connectivity index (χ4n) is 4.50. The lowest BCUT2D eigenvalue weighted by Gasteiger charge is -2.36. The van der Waals surface area contributed by atoms with Crippen molar-refractivity contribution in [1.82, 2.24) is 30.1 Å². The Morgan fingerprint density at radius 1 is 0.941 bits per heavy atom. The van der Waals surface area contributed by atoms with Gasteiger partial charge in [-0.2, -0.15) is 4.80 Å². The molecule has 0 aliphatic carbocycles. The maximum absolute atomic E-state index is 6.14. The van der Waals surface area contributed by atoms with E-state index in [2.05, 4.69) is 80.4 Å². The van der Waals surface area contributed by atoms with Crippen LogP contribution in [0, 0.1) is 0 Å². The fourth-order valence-corrected chi connectivity index (χ4v) is 4.67. The molecule has 0 amide bonds. The predicted molar refractivity (Wildman–Crippen MR) is 137 cm³/mol. The Hall–Kier alpha value is -3.03. The molecule has 0 unspecified atom stereocenters. The third-order valence-electron chi connectivity index (χ3n) is 6.52. The number of hydrogen-bond donors (Lipinski definition) is 0. The molecule has 1 aliphatic heterocycles. The number of rotatable bonds is 7. The standard InChI is InChI=1S/C26H30ClN7/c1-19(2)20-4-6-21(7-5-20)26-29-31-34(30-26)13-3-12-32-14-16-33(17-15-32)25-10-11-28-24-18-22(27)8-9-23(24)25/h4-11,18-19H,3,12-17H2,1-2H3. The molecule has 34 heavy (non-hydrogen) atoms. The van der Waals surface area contributed by atoms with Gasteiger partial charge in [0.2, 0.25) is 5.82 Å². The molecule has 1 aliphatic rings. The molecule has 8 heteroatoms. The van der Waals surface area contributed by atoms with Crippen molar-refractivity contribution < 1.29 is 0 Å². The normalized spacial score (nSPS) is 14.9. The number of tetrazole rings is 1. The number of piperazine rings is 1. The lowest BCUT2D eigenvalue weighted by Crippen LogP contribution is -2.46. The van der Waals surface area contributed by atoms with Crippen LogP contribution in [0.4, 0.5) is 5.69 Å². The fraction of sp³-hybridized carbons (Fsp3) is 0.385. The summed E-state index contributed by atoms with van der Waals surface area (Å²) < 4.78 is 0. The van der Waals surface area contributed by atoms with Crippen molar-refractivity contribution in [3.8, 4) is 11.4 Å². The molecule has 5 rings (SSSR count). The number of nitrogens with zero attached hydrogens (tertiary/aromatic N) is 7. The van der Waals surface area contributed by atoms with Crippen LogP contribution in [0.5, 0.6) is 0 Å². The van der Waals surface area contributed by atoms with Gasteiger partial charge in [0.05, 0.1) is 12.1 Å². The molecule has 0 saturated carbocycles. The van der Waals surface area contributed by atoms with Crippen molar-refractivity contribution in [2.75, 3.05) is 37.6 Å². The Bertz CT molecular complexity index is 1240. The average molecular weight is 476 g/mol. The van der Waals surface area contributed by atoms with Crippen LogP contribution in [0.3, 0.4) is 0 Å². The first-order chi connectivity index (χ1) is 16.6. The second-order valence-electron chi connectivity index (χ2n) is 9.16. The van der Waals surface area contributed by atoms with Crippen molar-refractivity contribution >= 4 is 28.2 Å². The molecule has 2 aromatic heterocycles. The summed E-state index contributed by atoms with van der Waals surface area (Å²) in [5.74, 6) is 1.21. The summed E-state index contributed by atoms with van der Waals surface area (Å²) in [4.78, 5) is 11.2. The minimum absolute atomic E-state index is 0.516. The Morgan fingerprint density at radius 3 is 2.50 bits per heavy atom. The highest BCUT2D eigenvalue weighted by molar-refractivity contribution is 6.31. The summed E-state index contributed by atoms with van der Waals surface area (Å²) >= 11 is 6.14. The minimum atomic E-state index is 0.516. The van der Waals surface area contributed by atoms with E-state index in [9.17, 15) is 0 Å². The van der Waals surface area contributed by atoms with E-state index in [0.29, 0.717) is 11.7 Å². The van der Waals surface area contributed by atoms with Crippen molar-refractivity contribution in [3.05, 3.63) is 65.3 Å². The minimum Gasteiger partial charge on any atom is -0.368 e. The molecule has 0 spiro atoms. The zero-order valence-electron chi connectivity index (χ0n) is 19.7. The number of pyridine rings is 1. The molecule has 176 valence electrons. The van der Waals surface area contributed by atoms with Crippen LogP contribution in [0.25, 0.3) is 22.3 Å². The molecule has 0 radical (unpaired) electrons. The Balaban J connectivity index is 1.12. The van der Waals surface area contributed by atoms with Crippen molar-refractivity contribution in [2.24, 2.45) is 0 Å². The van der Waals surface area contributed by atoms with Crippen LogP contribution in [0.15, 0.2) is 54.7 Å². The quantitative estimate of drug-likeness (QED) is 0.379. The maximum Gasteiger partial charge on any atom is 0.204 e. The van der Waals surface area contributed by atoms with Crippen LogP contribution in [-0.2, 0) is 6.54 Å². The van der Waals surface area contributed by atoms with Crippen LogP contribution in [-0.4, -0.2) is 62.8 Å². The van der Waals surface area contributed by atoms with Crippen molar-refractivity contribution in [3.63, 3.8) is 0 Å². The number of anilines is 1. The smallest absolute Gasteiger partial charge is 0.204 e. The number of fused-ring (bicyclic) bond motifs is 1. The summed E-state index contributed by atoms with van der Waals surface area (Å²) in [6.45, 7) is 10.3. The number of aromatic nitrogens is 5. The van der Waals surface area contributed by atoms with Gasteiger partial charge in [-0.05, 0) is 47.4 Å². The molecule has 1 fully saturated rings. The van der Waals surface area contributed by atoms with E-state index in [1.807, 2.05) is 18.3 Å². The number of hydrogen-bond acceptors (Lipinski definition) is 6. The number of benzene rings is 2. The summed E-state index contributed by atoms with van der Waals surface area (Å²) in [6, 6.07) is 16.5. The monoisotopic (exact) mass is 475 g/mol. The molecular formula is C26H30ClN7. The molecule has 0 N–H and O–H groups in total. The van der Waals surface area contributed by atoms with Gasteiger partial charge in [-0.1, -0.05) is 49.7 Å². The number of halogens is 1. The largest absolute Gasteiger partial charge is 0.368 e. The first-order valence-electron chi connectivity index (χ1n) is 12.0. The molecule has 1 saturated heterocycles. The van der Waals surface area contributed by atoms with Crippen LogP contribution in [0.2, 0.25) is 5.02 Å². The summed E-state index contributed by atoms with van der Waals surface area (Å²) in [7, 11) is 0. The molecule has 7 nitrogen and oxygen atoms in total. The van der Waals surface area contributed by atoms with Gasteiger partial charge in [0, 0.05) is 60.6 Å². The second-order valence-corrected chi connectivity index (χ2v) is 9.60. The number of aryl methyl sites for hydroxylation is 1. The van der Waals surface area contributed by atoms with E-state index in [1.54, 1.807) is 4.80 Å². The van der Waals surface area contributed by atoms with Gasteiger partial charge in [-0.15, -0.1) is 10.2 Å². The van der Waals surface area contributed by atoms with Gasteiger partial charge >= 0.3 is 0 Å². The van der Waals surface area contributed by atoms with E-state index < -0.39 is 0 Å². The molecule has 2 aromatic carbocycles. The summed E-state index contributed by atoms with van der Waals surface area (Å²) in [5, 5.41) is 15.0. The Kier molecular flexibility index (Phi) is 6.74. The topological polar surface area (TPSA) is 63.0 Å². The zero-order valence-corrected chi connectivity index (χ0v) is 20.5. The maximum atomic E-state index is 6.14. The van der Waals surface area contributed by atoms with Crippen molar-refractivity contribution in [1.29, 1.82) is 0 Å².